The molecule has 1 heterocycles. The molecule has 96 valence electrons. The lowest BCUT2D eigenvalue weighted by atomic mass is 10.1. The van der Waals surface area contributed by atoms with E-state index in [0.717, 1.165) is 17.9 Å². The largest absolute Gasteiger partial charge is 0.310 e. The fraction of sp³-hybridized carbons (Fsp3) is 0.357. The van der Waals surface area contributed by atoms with Crippen molar-refractivity contribution in [2.45, 2.75) is 26.8 Å². The molecule has 0 saturated heterocycles. The third kappa shape index (κ3) is 2.43. The Morgan fingerprint density at radius 3 is 2.78 bits per heavy atom. The van der Waals surface area contributed by atoms with Crippen LogP contribution in [0.4, 0.5) is 4.39 Å². The van der Waals surface area contributed by atoms with Crippen LogP contribution in [0.25, 0.3) is 5.69 Å². The maximum atomic E-state index is 14.0. The summed E-state index contributed by atoms with van der Waals surface area (Å²) in [6.45, 7) is 6.69. The number of halogens is 1. The highest BCUT2D eigenvalue weighted by Gasteiger charge is 2.16. The Morgan fingerprint density at radius 2 is 2.17 bits per heavy atom. The fourth-order valence-corrected chi connectivity index (χ4v) is 2.11. The first-order valence-electron chi connectivity index (χ1n) is 6.18. The lowest BCUT2D eigenvalue weighted by Crippen LogP contribution is -2.21. The Labute approximate surface area is 107 Å². The van der Waals surface area contributed by atoms with Crippen LogP contribution < -0.4 is 5.32 Å². The zero-order valence-corrected chi connectivity index (χ0v) is 10.9. The molecule has 1 aromatic heterocycles. The van der Waals surface area contributed by atoms with Gasteiger partial charge in [-0.05, 0) is 38.6 Å². The quantitative estimate of drug-likeness (QED) is 0.900. The van der Waals surface area contributed by atoms with Gasteiger partial charge in [0.15, 0.2) is 0 Å². The van der Waals surface area contributed by atoms with Gasteiger partial charge in [0.1, 0.15) is 5.82 Å². The number of aromatic nitrogens is 2. The third-order valence-electron chi connectivity index (χ3n) is 2.94. The second-order valence-corrected chi connectivity index (χ2v) is 4.35. The molecule has 4 heteroatoms. The topological polar surface area (TPSA) is 29.9 Å². The molecule has 1 unspecified atom stereocenters. The number of nitrogens with zero attached hydrogens (tertiary/aromatic N) is 2. The molecule has 2 aromatic rings. The summed E-state index contributed by atoms with van der Waals surface area (Å²) in [7, 11) is 0. The molecular formula is C14H18FN3. The molecule has 0 aliphatic carbocycles. The van der Waals surface area contributed by atoms with Gasteiger partial charge in [0.25, 0.3) is 0 Å². The number of benzene rings is 1. The second kappa shape index (κ2) is 5.31. The summed E-state index contributed by atoms with van der Waals surface area (Å²) in [6, 6.07) is 6.95. The maximum absolute atomic E-state index is 14.0. The summed E-state index contributed by atoms with van der Waals surface area (Å²) >= 11 is 0. The van der Waals surface area contributed by atoms with Crippen LogP contribution in [0, 0.1) is 12.7 Å². The molecule has 0 radical (unpaired) electrons. The average molecular weight is 247 g/mol. The highest BCUT2D eigenvalue weighted by atomic mass is 19.1. The van der Waals surface area contributed by atoms with E-state index in [1.54, 1.807) is 10.7 Å². The Hall–Kier alpha value is -1.68. The van der Waals surface area contributed by atoms with Crippen molar-refractivity contribution in [3.05, 3.63) is 47.5 Å². The maximum Gasteiger partial charge on any atom is 0.130 e. The summed E-state index contributed by atoms with van der Waals surface area (Å²) < 4.78 is 15.8. The minimum absolute atomic E-state index is 0.0456. The molecule has 1 N–H and O–H groups in total. The van der Waals surface area contributed by atoms with Crippen LogP contribution in [0.5, 0.6) is 0 Å². The Balaban J connectivity index is 2.50. The van der Waals surface area contributed by atoms with E-state index in [4.69, 9.17) is 0 Å². The third-order valence-corrected chi connectivity index (χ3v) is 2.94. The van der Waals surface area contributed by atoms with Crippen LogP contribution in [0.3, 0.4) is 0 Å². The van der Waals surface area contributed by atoms with Crippen LogP contribution in [0.1, 0.15) is 31.1 Å². The van der Waals surface area contributed by atoms with Crippen LogP contribution in [0.15, 0.2) is 30.5 Å². The molecule has 0 bridgehead atoms. The minimum Gasteiger partial charge on any atom is -0.310 e. The number of aryl methyl sites for hydroxylation is 1. The van der Waals surface area contributed by atoms with Gasteiger partial charge in [0.05, 0.1) is 11.4 Å². The van der Waals surface area contributed by atoms with Gasteiger partial charge in [-0.2, -0.15) is 5.10 Å². The molecule has 0 aliphatic heterocycles. The standard InChI is InChI=1S/C14H18FN3/c1-4-16-11(3)14-12(15)6-5-7-13(14)18-9-8-10(2)17-18/h5-9,11,16H,4H2,1-3H3. The van der Waals surface area contributed by atoms with Gasteiger partial charge >= 0.3 is 0 Å². The molecule has 0 saturated carbocycles. The van der Waals surface area contributed by atoms with E-state index in [1.165, 1.54) is 6.07 Å². The predicted molar refractivity (Wildman–Crippen MR) is 70.4 cm³/mol. The molecule has 1 atom stereocenters. The Kier molecular flexibility index (Phi) is 3.77. The van der Waals surface area contributed by atoms with Gasteiger partial charge in [0.2, 0.25) is 0 Å². The van der Waals surface area contributed by atoms with Crippen molar-refractivity contribution in [2.75, 3.05) is 6.54 Å². The number of rotatable bonds is 4. The summed E-state index contributed by atoms with van der Waals surface area (Å²) in [5, 5.41) is 7.59. The molecule has 1 aromatic carbocycles. The summed E-state index contributed by atoms with van der Waals surface area (Å²) in [6.07, 6.45) is 1.85. The van der Waals surface area contributed by atoms with E-state index < -0.39 is 0 Å². The molecule has 0 amide bonds. The van der Waals surface area contributed by atoms with Crippen molar-refractivity contribution < 1.29 is 4.39 Å². The number of hydrogen-bond donors (Lipinski definition) is 1. The van der Waals surface area contributed by atoms with Crippen LogP contribution >= 0.6 is 0 Å². The van der Waals surface area contributed by atoms with Crippen molar-refractivity contribution in [3.63, 3.8) is 0 Å². The molecular weight excluding hydrogens is 229 g/mol. The normalized spacial score (nSPS) is 12.7. The summed E-state index contributed by atoms with van der Waals surface area (Å²) in [4.78, 5) is 0. The zero-order valence-electron chi connectivity index (χ0n) is 10.9. The lowest BCUT2D eigenvalue weighted by molar-refractivity contribution is 0.536. The van der Waals surface area contributed by atoms with Crippen molar-refractivity contribution in [3.8, 4) is 5.69 Å². The first-order valence-corrected chi connectivity index (χ1v) is 6.18. The van der Waals surface area contributed by atoms with Crippen LogP contribution in [0.2, 0.25) is 0 Å². The Morgan fingerprint density at radius 1 is 1.39 bits per heavy atom. The van der Waals surface area contributed by atoms with Gasteiger partial charge < -0.3 is 5.32 Å². The predicted octanol–water partition coefficient (Wildman–Crippen LogP) is 2.99. The van der Waals surface area contributed by atoms with Gasteiger partial charge in [-0.3, -0.25) is 0 Å². The lowest BCUT2D eigenvalue weighted by Gasteiger charge is -2.18. The average Bonchev–Trinajstić information content (AvgIpc) is 2.75. The number of nitrogens with one attached hydrogen (secondary N) is 1. The smallest absolute Gasteiger partial charge is 0.130 e. The van der Waals surface area contributed by atoms with Crippen molar-refractivity contribution in [1.29, 1.82) is 0 Å². The molecule has 2 rings (SSSR count). The first-order chi connectivity index (χ1) is 8.63. The molecule has 0 fully saturated rings. The molecule has 0 spiro atoms. The molecule has 0 aliphatic rings. The van der Waals surface area contributed by atoms with Gasteiger partial charge in [-0.1, -0.05) is 13.0 Å². The molecule has 18 heavy (non-hydrogen) atoms. The van der Waals surface area contributed by atoms with E-state index in [-0.39, 0.29) is 11.9 Å². The van der Waals surface area contributed by atoms with Gasteiger partial charge in [-0.25, -0.2) is 9.07 Å². The monoisotopic (exact) mass is 247 g/mol. The van der Waals surface area contributed by atoms with Crippen molar-refractivity contribution in [1.82, 2.24) is 15.1 Å². The fourth-order valence-electron chi connectivity index (χ4n) is 2.11. The van der Waals surface area contributed by atoms with Crippen molar-refractivity contribution >= 4 is 0 Å². The van der Waals surface area contributed by atoms with Gasteiger partial charge in [-0.15, -0.1) is 0 Å². The van der Waals surface area contributed by atoms with E-state index in [1.807, 2.05) is 39.1 Å². The molecule has 3 nitrogen and oxygen atoms in total. The number of hydrogen-bond acceptors (Lipinski definition) is 2. The van der Waals surface area contributed by atoms with E-state index >= 15 is 0 Å². The summed E-state index contributed by atoms with van der Waals surface area (Å²) in [5.74, 6) is -0.200. The van der Waals surface area contributed by atoms with Crippen molar-refractivity contribution in [2.24, 2.45) is 0 Å². The van der Waals surface area contributed by atoms with E-state index in [0.29, 0.717) is 5.56 Å². The highest BCUT2D eigenvalue weighted by Crippen LogP contribution is 2.24. The Bertz CT molecular complexity index is 534. The van der Waals surface area contributed by atoms with Crippen LogP contribution in [-0.4, -0.2) is 16.3 Å². The van der Waals surface area contributed by atoms with E-state index in [2.05, 4.69) is 10.4 Å². The zero-order chi connectivity index (χ0) is 13.1. The van der Waals surface area contributed by atoms with Gasteiger partial charge in [0, 0.05) is 17.8 Å². The summed E-state index contributed by atoms with van der Waals surface area (Å²) in [5.41, 5.74) is 2.36. The highest BCUT2D eigenvalue weighted by molar-refractivity contribution is 5.43. The minimum atomic E-state index is -0.200. The second-order valence-electron chi connectivity index (χ2n) is 4.35. The van der Waals surface area contributed by atoms with Crippen LogP contribution in [-0.2, 0) is 0 Å². The SMILES string of the molecule is CCNC(C)c1c(F)cccc1-n1ccc(C)n1. The first kappa shape index (κ1) is 12.8. The van der Waals surface area contributed by atoms with E-state index in [9.17, 15) is 4.39 Å².